The van der Waals surface area contributed by atoms with Crippen molar-refractivity contribution in [2.45, 2.75) is 12.6 Å². The maximum atomic E-state index is 13.9. The van der Waals surface area contributed by atoms with E-state index in [1.807, 2.05) is 0 Å². The number of amides is 1. The van der Waals surface area contributed by atoms with E-state index in [1.54, 1.807) is 6.08 Å². The van der Waals surface area contributed by atoms with Crippen LogP contribution in [0.1, 0.15) is 28.2 Å². The smallest absolute Gasteiger partial charge is 0.420 e. The summed E-state index contributed by atoms with van der Waals surface area (Å²) >= 11 is 6.40. The second kappa shape index (κ2) is 9.29. The lowest BCUT2D eigenvalue weighted by Crippen LogP contribution is -2.35. The number of rotatable bonds is 5. The molecule has 1 amide bonds. The Morgan fingerprint density at radius 2 is 1.97 bits per heavy atom. The van der Waals surface area contributed by atoms with Crippen LogP contribution in [-0.4, -0.2) is 69.1 Å². The van der Waals surface area contributed by atoms with Crippen molar-refractivity contribution >= 4 is 38.9 Å². The molecule has 0 atom stereocenters. The summed E-state index contributed by atoms with van der Waals surface area (Å²) in [6, 6.07) is 2.44. The Labute approximate surface area is 219 Å². The molecule has 0 spiro atoms. The van der Waals surface area contributed by atoms with Gasteiger partial charge < -0.3 is 9.32 Å². The molecule has 1 aliphatic heterocycles. The highest BCUT2D eigenvalue weighted by atomic mass is 35.5. The molecular weight excluding hydrogens is 549 g/mol. The Morgan fingerprint density at radius 3 is 2.58 bits per heavy atom. The van der Waals surface area contributed by atoms with Crippen molar-refractivity contribution in [2.75, 3.05) is 27.2 Å². The number of nitrogens with zero attached hydrogens (tertiary/aromatic N) is 6. The lowest BCUT2D eigenvalue weighted by atomic mass is 10.1. The van der Waals surface area contributed by atoms with Crippen molar-refractivity contribution in [1.82, 2.24) is 27.5 Å². The molecule has 5 heterocycles. The number of imidazole rings is 2. The van der Waals surface area contributed by atoms with Gasteiger partial charge in [0.05, 0.1) is 23.8 Å². The van der Waals surface area contributed by atoms with Crippen LogP contribution in [0.4, 0.5) is 13.2 Å². The number of pyridine rings is 1. The minimum atomic E-state index is -4.75. The zero-order valence-electron chi connectivity index (χ0n) is 20.0. The molecule has 0 fully saturated rings. The number of furan rings is 1. The van der Waals surface area contributed by atoms with Crippen LogP contribution in [0.25, 0.3) is 22.3 Å². The van der Waals surface area contributed by atoms with E-state index >= 15 is 0 Å². The summed E-state index contributed by atoms with van der Waals surface area (Å²) in [6.07, 6.45) is 3.88. The maximum absolute atomic E-state index is 13.9. The fourth-order valence-electron chi connectivity index (χ4n) is 4.07. The summed E-state index contributed by atoms with van der Waals surface area (Å²) in [6.45, 7) is 0.312. The van der Waals surface area contributed by atoms with Gasteiger partial charge in [0.25, 0.3) is 5.91 Å². The topological polar surface area (TPSA) is 106 Å². The first-order chi connectivity index (χ1) is 17.9. The van der Waals surface area contributed by atoms with Crippen LogP contribution in [0.5, 0.6) is 0 Å². The van der Waals surface area contributed by atoms with Gasteiger partial charge in [-0.2, -0.15) is 25.9 Å². The molecule has 0 saturated heterocycles. The average Bonchev–Trinajstić information content (AvgIpc) is 3.63. The van der Waals surface area contributed by atoms with E-state index in [2.05, 4.69) is 9.97 Å². The van der Waals surface area contributed by atoms with E-state index in [9.17, 15) is 26.4 Å². The van der Waals surface area contributed by atoms with Crippen LogP contribution in [0.2, 0.25) is 5.15 Å². The van der Waals surface area contributed by atoms with E-state index in [4.69, 9.17) is 16.0 Å². The molecule has 0 bridgehead atoms. The van der Waals surface area contributed by atoms with Gasteiger partial charge in [0.2, 0.25) is 0 Å². The molecule has 0 aliphatic carbocycles. The van der Waals surface area contributed by atoms with Crippen molar-refractivity contribution in [3.8, 4) is 11.1 Å². The predicted molar refractivity (Wildman–Crippen MR) is 132 cm³/mol. The fourth-order valence-corrected chi connectivity index (χ4v) is 5.10. The first kappa shape index (κ1) is 26.0. The Balaban J connectivity index is 1.44. The lowest BCUT2D eigenvalue weighted by Gasteiger charge is -2.25. The molecule has 0 aromatic carbocycles. The first-order valence-electron chi connectivity index (χ1n) is 11.1. The summed E-state index contributed by atoms with van der Waals surface area (Å²) in [7, 11) is -0.916. The van der Waals surface area contributed by atoms with Gasteiger partial charge in [-0.3, -0.25) is 9.20 Å². The average molecular weight is 569 g/mol. The van der Waals surface area contributed by atoms with E-state index in [1.165, 1.54) is 56.3 Å². The zero-order chi connectivity index (χ0) is 27.4. The largest absolute Gasteiger partial charge is 0.472 e. The third-order valence-corrected chi connectivity index (χ3v) is 8.15. The molecule has 4 aromatic heterocycles. The first-order valence-corrected chi connectivity index (χ1v) is 12.9. The predicted octanol–water partition coefficient (Wildman–Crippen LogP) is 4.05. The highest BCUT2D eigenvalue weighted by molar-refractivity contribution is 7.87. The van der Waals surface area contributed by atoms with Crippen LogP contribution in [0, 0.1) is 0 Å². The van der Waals surface area contributed by atoms with Crippen molar-refractivity contribution in [3.05, 3.63) is 71.6 Å². The maximum Gasteiger partial charge on any atom is 0.420 e. The number of halogens is 4. The van der Waals surface area contributed by atoms with Gasteiger partial charge in [0.15, 0.2) is 11.3 Å². The summed E-state index contributed by atoms with van der Waals surface area (Å²) in [5.74, 6) is -0.632. The Morgan fingerprint density at radius 1 is 1.21 bits per heavy atom. The number of aromatic nitrogens is 4. The van der Waals surface area contributed by atoms with Crippen molar-refractivity contribution in [3.63, 3.8) is 0 Å². The standard InChI is InChI=1S/C23H20ClF3N6O4S/c1-30(2)38(35,36)32-11-18(28-13-32)14-3-6-31(7-4-14)22(34)19-20(24)33-10-16(15-5-8-37-12-15)9-17(21(33)29-19)23(25,26)27/h3,5,8-13H,4,6-7H2,1-2H3. The third-order valence-electron chi connectivity index (χ3n) is 6.14. The van der Waals surface area contributed by atoms with Crippen LogP contribution in [0.15, 0.2) is 53.9 Å². The van der Waals surface area contributed by atoms with Crippen molar-refractivity contribution < 1.29 is 30.8 Å². The van der Waals surface area contributed by atoms with Crippen LogP contribution in [0.3, 0.4) is 0 Å². The Hall–Kier alpha value is -3.62. The number of alkyl halides is 3. The van der Waals surface area contributed by atoms with Crippen LogP contribution < -0.4 is 0 Å². The molecule has 38 heavy (non-hydrogen) atoms. The number of hydrogen-bond donors (Lipinski definition) is 0. The summed E-state index contributed by atoms with van der Waals surface area (Å²) in [5.41, 5.74) is -0.0653. The third kappa shape index (κ3) is 4.48. The van der Waals surface area contributed by atoms with Gasteiger partial charge in [0.1, 0.15) is 11.5 Å². The molecule has 5 rings (SSSR count). The second-order valence-corrected chi connectivity index (χ2v) is 11.1. The fraction of sp³-hybridized carbons (Fsp3) is 0.261. The van der Waals surface area contributed by atoms with E-state index in [0.29, 0.717) is 17.7 Å². The Kier molecular flexibility index (Phi) is 6.36. The highest BCUT2D eigenvalue weighted by Crippen LogP contribution is 2.37. The minimum absolute atomic E-state index is 0.109. The molecule has 0 radical (unpaired) electrons. The quantitative estimate of drug-likeness (QED) is 0.360. The summed E-state index contributed by atoms with van der Waals surface area (Å²) in [4.78, 5) is 22.8. The Bertz CT molecular complexity index is 1670. The van der Waals surface area contributed by atoms with E-state index in [-0.39, 0.29) is 29.5 Å². The van der Waals surface area contributed by atoms with Crippen LogP contribution >= 0.6 is 11.6 Å². The van der Waals surface area contributed by atoms with Crippen molar-refractivity contribution in [2.24, 2.45) is 0 Å². The molecule has 4 aromatic rings. The number of carbonyl (C=O) groups is 1. The molecule has 200 valence electrons. The van der Waals surface area contributed by atoms with Crippen LogP contribution in [-0.2, 0) is 16.4 Å². The molecular formula is C23H20ClF3N6O4S. The van der Waals surface area contributed by atoms with E-state index in [0.717, 1.165) is 24.3 Å². The molecule has 0 saturated carbocycles. The zero-order valence-corrected chi connectivity index (χ0v) is 21.5. The van der Waals surface area contributed by atoms with Gasteiger partial charge in [-0.25, -0.2) is 13.9 Å². The van der Waals surface area contributed by atoms with Gasteiger partial charge in [-0.15, -0.1) is 0 Å². The molecule has 0 N–H and O–H groups in total. The van der Waals surface area contributed by atoms with Gasteiger partial charge in [-0.05, 0) is 24.1 Å². The number of carbonyl (C=O) groups excluding carboxylic acids is 1. The minimum Gasteiger partial charge on any atom is -0.472 e. The molecule has 10 nitrogen and oxygen atoms in total. The molecule has 1 aliphatic rings. The SMILES string of the molecule is CN(C)S(=O)(=O)n1cnc(C2=CCN(C(=O)c3nc4c(C(F)(F)F)cc(-c5ccoc5)cn4c3Cl)CC2)c1. The normalized spacial score (nSPS) is 14.9. The summed E-state index contributed by atoms with van der Waals surface area (Å²) in [5, 5.41) is -0.247. The van der Waals surface area contributed by atoms with Gasteiger partial charge in [-0.1, -0.05) is 17.7 Å². The lowest BCUT2D eigenvalue weighted by molar-refractivity contribution is -0.136. The monoisotopic (exact) mass is 568 g/mol. The van der Waals surface area contributed by atoms with Gasteiger partial charge in [0, 0.05) is 50.7 Å². The second-order valence-electron chi connectivity index (χ2n) is 8.71. The van der Waals surface area contributed by atoms with Gasteiger partial charge >= 0.3 is 16.4 Å². The summed E-state index contributed by atoms with van der Waals surface area (Å²) < 4.78 is 74.3. The highest BCUT2D eigenvalue weighted by Gasteiger charge is 2.37. The molecule has 15 heteroatoms. The van der Waals surface area contributed by atoms with E-state index < -0.39 is 33.5 Å². The number of hydrogen-bond acceptors (Lipinski definition) is 6. The number of fused-ring (bicyclic) bond motifs is 1. The molecule has 0 unspecified atom stereocenters. The van der Waals surface area contributed by atoms with Crippen molar-refractivity contribution in [1.29, 1.82) is 0 Å².